The van der Waals surface area contributed by atoms with Gasteiger partial charge in [0.05, 0.1) is 0 Å². The molecule has 0 aliphatic carbocycles. The average molecular weight is 329 g/mol. The van der Waals surface area contributed by atoms with Gasteiger partial charge in [-0.05, 0) is 32.1 Å². The van der Waals surface area contributed by atoms with E-state index in [1.807, 2.05) is 27.7 Å². The summed E-state index contributed by atoms with van der Waals surface area (Å²) in [5.41, 5.74) is -0.455. The molecule has 136 valence electrons. The van der Waals surface area contributed by atoms with E-state index in [0.717, 1.165) is 12.8 Å². The summed E-state index contributed by atoms with van der Waals surface area (Å²) < 4.78 is 0. The highest BCUT2D eigenvalue weighted by molar-refractivity contribution is 5.78. The van der Waals surface area contributed by atoms with Crippen LogP contribution in [0.3, 0.4) is 0 Å². The molecule has 0 rings (SSSR count). The quantitative estimate of drug-likeness (QED) is 0.601. The normalized spacial score (nSPS) is 14.7. The molecule has 0 fully saturated rings. The fourth-order valence-electron chi connectivity index (χ4n) is 2.53. The van der Waals surface area contributed by atoms with E-state index in [9.17, 15) is 9.59 Å². The van der Waals surface area contributed by atoms with Gasteiger partial charge in [-0.3, -0.25) is 14.4 Å². The molecule has 0 bridgehead atoms. The number of amides is 2. The smallest absolute Gasteiger partial charge is 0.248 e. The van der Waals surface area contributed by atoms with Crippen LogP contribution in [0.15, 0.2) is 0 Å². The van der Waals surface area contributed by atoms with E-state index < -0.39 is 0 Å². The highest BCUT2D eigenvalue weighted by Gasteiger charge is 2.32. The Morgan fingerprint density at radius 3 is 2.17 bits per heavy atom. The maximum absolute atomic E-state index is 12.0. The van der Waals surface area contributed by atoms with Crippen LogP contribution in [0.1, 0.15) is 54.4 Å². The molecule has 0 aliphatic rings. The van der Waals surface area contributed by atoms with Crippen molar-refractivity contribution < 1.29 is 14.4 Å². The first kappa shape index (κ1) is 21.9. The van der Waals surface area contributed by atoms with Crippen molar-refractivity contribution in [2.24, 2.45) is 11.3 Å². The van der Waals surface area contributed by atoms with Crippen LogP contribution in [0.2, 0.25) is 0 Å². The van der Waals surface area contributed by atoms with Gasteiger partial charge in [0.2, 0.25) is 11.8 Å². The van der Waals surface area contributed by atoms with Crippen LogP contribution >= 0.6 is 0 Å². The van der Waals surface area contributed by atoms with Crippen LogP contribution in [0.25, 0.3) is 0 Å². The second-order valence-corrected chi connectivity index (χ2v) is 7.73. The number of hydrogen-bond acceptors (Lipinski definition) is 4. The number of hydroxylamine groups is 2. The van der Waals surface area contributed by atoms with Gasteiger partial charge < -0.3 is 10.6 Å². The van der Waals surface area contributed by atoms with Crippen LogP contribution in [0.5, 0.6) is 0 Å². The molecular weight excluding hydrogens is 294 g/mol. The molecule has 0 aromatic heterocycles. The Morgan fingerprint density at radius 2 is 1.74 bits per heavy atom. The van der Waals surface area contributed by atoms with Crippen molar-refractivity contribution in [3.8, 4) is 0 Å². The Hall–Kier alpha value is -1.14. The number of carbonyl (C=O) groups excluding carboxylic acids is 2. The molecule has 0 aromatic carbocycles. The van der Waals surface area contributed by atoms with Crippen LogP contribution in [0, 0.1) is 11.3 Å². The monoisotopic (exact) mass is 329 g/mol. The van der Waals surface area contributed by atoms with Crippen molar-refractivity contribution in [1.29, 1.82) is 0 Å². The third kappa shape index (κ3) is 9.56. The highest BCUT2D eigenvalue weighted by Crippen LogP contribution is 2.31. The SMILES string of the molecule is CCC(C)(CNC(=O)C(C)C)CC(C)(C)NC(=O)CON(C)C. The summed E-state index contributed by atoms with van der Waals surface area (Å²) in [6.45, 7) is 12.6. The van der Waals surface area contributed by atoms with Crippen LogP contribution in [0.4, 0.5) is 0 Å². The molecule has 0 radical (unpaired) electrons. The van der Waals surface area contributed by atoms with Crippen molar-refractivity contribution in [3.05, 3.63) is 0 Å². The Morgan fingerprint density at radius 1 is 1.17 bits per heavy atom. The predicted molar refractivity (Wildman–Crippen MR) is 92.7 cm³/mol. The molecule has 6 nitrogen and oxygen atoms in total. The number of nitrogens with zero attached hydrogens (tertiary/aromatic N) is 1. The Balaban J connectivity index is 4.61. The molecule has 1 unspecified atom stereocenters. The minimum atomic E-state index is -0.375. The van der Waals surface area contributed by atoms with Gasteiger partial charge in [0.15, 0.2) is 0 Å². The zero-order valence-electron chi connectivity index (χ0n) is 16.1. The molecule has 2 N–H and O–H groups in total. The van der Waals surface area contributed by atoms with Gasteiger partial charge in [-0.15, -0.1) is 0 Å². The van der Waals surface area contributed by atoms with E-state index in [4.69, 9.17) is 4.84 Å². The van der Waals surface area contributed by atoms with Gasteiger partial charge >= 0.3 is 0 Å². The van der Waals surface area contributed by atoms with Crippen molar-refractivity contribution in [3.63, 3.8) is 0 Å². The number of hydrogen-bond donors (Lipinski definition) is 2. The van der Waals surface area contributed by atoms with Crippen molar-refractivity contribution >= 4 is 11.8 Å². The summed E-state index contributed by atoms with van der Waals surface area (Å²) in [4.78, 5) is 28.9. The van der Waals surface area contributed by atoms with Gasteiger partial charge in [-0.25, -0.2) is 0 Å². The Bertz CT molecular complexity index is 395. The topological polar surface area (TPSA) is 70.7 Å². The van der Waals surface area contributed by atoms with Gasteiger partial charge in [0.25, 0.3) is 0 Å². The molecule has 0 spiro atoms. The largest absolute Gasteiger partial charge is 0.355 e. The first-order chi connectivity index (χ1) is 10.4. The summed E-state index contributed by atoms with van der Waals surface area (Å²) in [7, 11) is 3.48. The maximum atomic E-state index is 12.0. The van der Waals surface area contributed by atoms with E-state index in [1.54, 1.807) is 14.1 Å². The van der Waals surface area contributed by atoms with Crippen LogP contribution in [-0.4, -0.2) is 49.7 Å². The lowest BCUT2D eigenvalue weighted by molar-refractivity contribution is -0.152. The first-order valence-electron chi connectivity index (χ1n) is 8.30. The van der Waals surface area contributed by atoms with Gasteiger partial charge in [-0.1, -0.05) is 27.7 Å². The Kier molecular flexibility index (Phi) is 8.77. The van der Waals surface area contributed by atoms with E-state index in [0.29, 0.717) is 6.54 Å². The van der Waals surface area contributed by atoms with Crippen LogP contribution in [-0.2, 0) is 14.4 Å². The predicted octanol–water partition coefficient (Wildman–Crippen LogP) is 1.95. The average Bonchev–Trinajstić information content (AvgIpc) is 2.41. The van der Waals surface area contributed by atoms with Crippen molar-refractivity contribution in [2.75, 3.05) is 27.2 Å². The lowest BCUT2D eigenvalue weighted by atomic mass is 9.76. The van der Waals surface area contributed by atoms with E-state index in [2.05, 4.69) is 24.5 Å². The second kappa shape index (κ2) is 9.23. The van der Waals surface area contributed by atoms with Crippen molar-refractivity contribution in [2.45, 2.75) is 59.9 Å². The van der Waals surface area contributed by atoms with E-state index in [1.165, 1.54) is 5.06 Å². The van der Waals surface area contributed by atoms with Crippen LogP contribution < -0.4 is 10.6 Å². The van der Waals surface area contributed by atoms with Gasteiger partial charge in [-0.2, -0.15) is 5.06 Å². The molecule has 0 aromatic rings. The molecule has 1 atom stereocenters. The fraction of sp³-hybridized carbons (Fsp3) is 0.882. The summed E-state index contributed by atoms with van der Waals surface area (Å²) >= 11 is 0. The first-order valence-corrected chi connectivity index (χ1v) is 8.30. The zero-order valence-corrected chi connectivity index (χ0v) is 16.1. The maximum Gasteiger partial charge on any atom is 0.248 e. The molecule has 6 heteroatoms. The van der Waals surface area contributed by atoms with Gasteiger partial charge in [0, 0.05) is 32.1 Å². The summed E-state index contributed by atoms with van der Waals surface area (Å²) in [6.07, 6.45) is 1.68. The number of rotatable bonds is 10. The van der Waals surface area contributed by atoms with E-state index >= 15 is 0 Å². The molecule has 2 amide bonds. The molecule has 0 saturated carbocycles. The van der Waals surface area contributed by atoms with Crippen molar-refractivity contribution in [1.82, 2.24) is 15.7 Å². The molecule has 23 heavy (non-hydrogen) atoms. The highest BCUT2D eigenvalue weighted by atomic mass is 16.7. The zero-order chi connectivity index (χ0) is 18.3. The molecule has 0 saturated heterocycles. The molecular formula is C17H35N3O3. The van der Waals surface area contributed by atoms with Gasteiger partial charge in [0.1, 0.15) is 6.61 Å². The van der Waals surface area contributed by atoms with E-state index in [-0.39, 0.29) is 35.3 Å². The lowest BCUT2D eigenvalue weighted by Crippen LogP contribution is -2.50. The number of carbonyl (C=O) groups is 2. The summed E-state index contributed by atoms with van der Waals surface area (Å²) in [6, 6.07) is 0. The standard InChI is InChI=1S/C17H35N3O3/c1-9-17(6,12-18-15(22)13(2)3)11-16(4,5)19-14(21)10-23-20(7)8/h13H,9-12H2,1-8H3,(H,18,22)(H,19,21). The summed E-state index contributed by atoms with van der Waals surface area (Å²) in [5.74, 6) is -0.105. The second-order valence-electron chi connectivity index (χ2n) is 7.73. The lowest BCUT2D eigenvalue weighted by Gasteiger charge is -2.38. The summed E-state index contributed by atoms with van der Waals surface area (Å²) in [5, 5.41) is 7.52. The minimum absolute atomic E-state index is 0.00333. The molecule has 0 heterocycles. The number of nitrogens with one attached hydrogen (secondary N) is 2. The minimum Gasteiger partial charge on any atom is -0.355 e. The fourth-order valence-corrected chi connectivity index (χ4v) is 2.53. The third-order valence-electron chi connectivity index (χ3n) is 3.87. The Labute approximate surface area is 141 Å². The molecule has 0 aliphatic heterocycles. The third-order valence-corrected chi connectivity index (χ3v) is 3.87.